The Hall–Kier alpha value is -2.23. The van der Waals surface area contributed by atoms with Crippen LogP contribution in [-0.2, 0) is 9.53 Å². The van der Waals surface area contributed by atoms with E-state index in [1.165, 1.54) is 0 Å². The van der Waals surface area contributed by atoms with Crippen LogP contribution in [0, 0.1) is 11.3 Å². The zero-order valence-electron chi connectivity index (χ0n) is 13.7. The van der Waals surface area contributed by atoms with Gasteiger partial charge < -0.3 is 19.4 Å². The van der Waals surface area contributed by atoms with Gasteiger partial charge >= 0.3 is 6.09 Å². The fourth-order valence-corrected chi connectivity index (χ4v) is 2.83. The minimum Gasteiger partial charge on any atom is -0.450 e. The third kappa shape index (κ3) is 4.62. The Kier molecular flexibility index (Phi) is 6.27. The van der Waals surface area contributed by atoms with E-state index < -0.39 is 0 Å². The second-order valence-corrected chi connectivity index (χ2v) is 5.73. The lowest BCUT2D eigenvalue weighted by molar-refractivity contribution is -0.127. The Morgan fingerprint density at radius 2 is 1.70 bits per heavy atom. The summed E-state index contributed by atoms with van der Waals surface area (Å²) in [6.45, 7) is 5.86. The maximum Gasteiger partial charge on any atom is 0.409 e. The number of nitrogens with zero attached hydrogens (tertiary/aromatic N) is 4. The van der Waals surface area contributed by atoms with Gasteiger partial charge in [-0.1, -0.05) is 0 Å². The summed E-state index contributed by atoms with van der Waals surface area (Å²) in [5.74, 6) is -0.181. The van der Waals surface area contributed by atoms with E-state index in [0.29, 0.717) is 32.8 Å². The molecule has 126 valence electrons. The van der Waals surface area contributed by atoms with E-state index in [2.05, 4.69) is 0 Å². The molecule has 0 aromatic carbocycles. The molecule has 0 bridgehead atoms. The van der Waals surface area contributed by atoms with Crippen LogP contribution in [0.5, 0.6) is 0 Å². The lowest BCUT2D eigenvalue weighted by Gasteiger charge is -2.33. The summed E-state index contributed by atoms with van der Waals surface area (Å²) in [7, 11) is 0. The number of likely N-dealkylation sites (tertiary alicyclic amines) is 1. The molecule has 0 atom stereocenters. The van der Waals surface area contributed by atoms with E-state index in [1.807, 2.05) is 11.0 Å². The quantitative estimate of drug-likeness (QED) is 0.576. The van der Waals surface area contributed by atoms with E-state index in [0.717, 1.165) is 32.4 Å². The number of rotatable bonds is 3. The molecule has 0 radical (unpaired) electrons. The lowest BCUT2D eigenvalue weighted by Crippen LogP contribution is -2.47. The summed E-state index contributed by atoms with van der Waals surface area (Å²) in [5.41, 5.74) is 0.177. The molecular weight excluding hydrogens is 296 g/mol. The Labute approximate surface area is 137 Å². The SMILES string of the molecule is CCOC(=O)N1CCN(/C=C(/C#N)C(=O)N2CCCCC2)CC1. The van der Waals surface area contributed by atoms with Crippen molar-refractivity contribution in [3.63, 3.8) is 0 Å². The minimum atomic E-state index is -0.305. The van der Waals surface area contributed by atoms with Crippen molar-refractivity contribution in [2.24, 2.45) is 0 Å². The van der Waals surface area contributed by atoms with Crippen molar-refractivity contribution in [2.75, 3.05) is 45.9 Å². The number of piperazine rings is 1. The predicted octanol–water partition coefficient (Wildman–Crippen LogP) is 1.18. The van der Waals surface area contributed by atoms with E-state index in [1.54, 1.807) is 22.9 Å². The van der Waals surface area contributed by atoms with Crippen LogP contribution >= 0.6 is 0 Å². The van der Waals surface area contributed by atoms with Crippen molar-refractivity contribution in [1.82, 2.24) is 14.7 Å². The molecule has 0 unspecified atom stereocenters. The molecule has 0 aliphatic carbocycles. The standard InChI is InChI=1S/C16H24N4O3/c1-2-23-16(22)20-10-8-18(9-11-20)13-14(12-17)15(21)19-6-4-3-5-7-19/h13H,2-11H2,1H3/b14-13-. The van der Waals surface area contributed by atoms with Crippen molar-refractivity contribution in [3.8, 4) is 6.07 Å². The molecule has 23 heavy (non-hydrogen) atoms. The number of ether oxygens (including phenoxy) is 1. The molecule has 2 heterocycles. The molecule has 2 saturated heterocycles. The first-order valence-electron chi connectivity index (χ1n) is 8.22. The van der Waals surface area contributed by atoms with Gasteiger partial charge in [0.2, 0.25) is 0 Å². The third-order valence-electron chi connectivity index (χ3n) is 4.15. The maximum absolute atomic E-state index is 12.4. The summed E-state index contributed by atoms with van der Waals surface area (Å²) in [5, 5.41) is 9.29. The van der Waals surface area contributed by atoms with Gasteiger partial charge in [0.25, 0.3) is 5.91 Å². The lowest BCUT2D eigenvalue weighted by atomic mass is 10.1. The second-order valence-electron chi connectivity index (χ2n) is 5.73. The Morgan fingerprint density at radius 1 is 1.04 bits per heavy atom. The van der Waals surface area contributed by atoms with E-state index >= 15 is 0 Å². The van der Waals surface area contributed by atoms with E-state index in [9.17, 15) is 14.9 Å². The first kappa shape index (κ1) is 17.1. The zero-order chi connectivity index (χ0) is 16.7. The Morgan fingerprint density at radius 3 is 2.26 bits per heavy atom. The second kappa shape index (κ2) is 8.42. The van der Waals surface area contributed by atoms with Crippen LogP contribution in [0.4, 0.5) is 4.79 Å². The van der Waals surface area contributed by atoms with Crippen LogP contribution < -0.4 is 0 Å². The van der Waals surface area contributed by atoms with Gasteiger partial charge in [-0.15, -0.1) is 0 Å². The molecule has 2 amide bonds. The van der Waals surface area contributed by atoms with Gasteiger partial charge in [0.15, 0.2) is 0 Å². The molecule has 7 heteroatoms. The summed E-state index contributed by atoms with van der Waals surface area (Å²) < 4.78 is 4.98. The molecule has 0 spiro atoms. The van der Waals surface area contributed by atoms with Crippen LogP contribution in [-0.4, -0.2) is 72.6 Å². The van der Waals surface area contributed by atoms with Gasteiger partial charge in [-0.3, -0.25) is 4.79 Å². The fraction of sp³-hybridized carbons (Fsp3) is 0.688. The van der Waals surface area contributed by atoms with Crippen LogP contribution in [0.15, 0.2) is 11.8 Å². The van der Waals surface area contributed by atoms with Gasteiger partial charge in [0.05, 0.1) is 6.61 Å². The van der Waals surface area contributed by atoms with E-state index in [-0.39, 0.29) is 17.6 Å². The highest BCUT2D eigenvalue weighted by Crippen LogP contribution is 2.13. The molecule has 7 nitrogen and oxygen atoms in total. The third-order valence-corrected chi connectivity index (χ3v) is 4.15. The highest BCUT2D eigenvalue weighted by atomic mass is 16.6. The normalized spacial score (nSPS) is 19.3. The monoisotopic (exact) mass is 320 g/mol. The van der Waals surface area contributed by atoms with Gasteiger partial charge in [0, 0.05) is 45.5 Å². The molecule has 2 rings (SSSR count). The van der Waals surface area contributed by atoms with E-state index in [4.69, 9.17) is 4.74 Å². The average Bonchev–Trinajstić information content (AvgIpc) is 2.60. The van der Waals surface area contributed by atoms with Gasteiger partial charge in [-0.2, -0.15) is 5.26 Å². The van der Waals surface area contributed by atoms with Crippen molar-refractivity contribution in [3.05, 3.63) is 11.8 Å². The molecule has 2 fully saturated rings. The van der Waals surface area contributed by atoms with Crippen LogP contribution in [0.2, 0.25) is 0 Å². The zero-order valence-corrected chi connectivity index (χ0v) is 13.7. The molecular formula is C16H24N4O3. The van der Waals surface area contributed by atoms with Crippen molar-refractivity contribution < 1.29 is 14.3 Å². The van der Waals surface area contributed by atoms with Gasteiger partial charge in [-0.25, -0.2) is 4.79 Å². The van der Waals surface area contributed by atoms with Crippen molar-refractivity contribution >= 4 is 12.0 Å². The highest BCUT2D eigenvalue weighted by Gasteiger charge is 2.24. The highest BCUT2D eigenvalue weighted by molar-refractivity contribution is 5.97. The molecule has 0 aromatic rings. The number of hydrogen-bond donors (Lipinski definition) is 0. The number of carbonyl (C=O) groups excluding carboxylic acids is 2. The first-order chi connectivity index (χ1) is 11.2. The molecule has 0 saturated carbocycles. The first-order valence-corrected chi connectivity index (χ1v) is 8.22. The molecule has 0 aromatic heterocycles. The summed E-state index contributed by atoms with van der Waals surface area (Å²) in [6.07, 6.45) is 4.48. The largest absolute Gasteiger partial charge is 0.450 e. The number of carbonyl (C=O) groups is 2. The van der Waals surface area contributed by atoms with Crippen LogP contribution in [0.25, 0.3) is 0 Å². The smallest absolute Gasteiger partial charge is 0.409 e. The summed E-state index contributed by atoms with van der Waals surface area (Å²) >= 11 is 0. The number of amides is 2. The molecule has 0 N–H and O–H groups in total. The molecule has 2 aliphatic heterocycles. The number of hydrogen-bond acceptors (Lipinski definition) is 5. The summed E-state index contributed by atoms with van der Waals surface area (Å²) in [6, 6.07) is 2.02. The van der Waals surface area contributed by atoms with Crippen LogP contribution in [0.1, 0.15) is 26.2 Å². The summed E-state index contributed by atoms with van der Waals surface area (Å²) in [4.78, 5) is 29.4. The fourth-order valence-electron chi connectivity index (χ4n) is 2.83. The van der Waals surface area contributed by atoms with Crippen molar-refractivity contribution in [1.29, 1.82) is 5.26 Å². The Balaban J connectivity index is 1.91. The maximum atomic E-state index is 12.4. The topological polar surface area (TPSA) is 76.9 Å². The molecule has 2 aliphatic rings. The predicted molar refractivity (Wildman–Crippen MR) is 84.3 cm³/mol. The minimum absolute atomic E-state index is 0.177. The average molecular weight is 320 g/mol. The van der Waals surface area contributed by atoms with Crippen molar-refractivity contribution in [2.45, 2.75) is 26.2 Å². The van der Waals surface area contributed by atoms with Gasteiger partial charge in [-0.05, 0) is 26.2 Å². The van der Waals surface area contributed by atoms with Crippen LogP contribution in [0.3, 0.4) is 0 Å². The number of piperidine rings is 1. The Bertz CT molecular complexity index is 498. The number of nitriles is 1. The van der Waals surface area contributed by atoms with Gasteiger partial charge in [0.1, 0.15) is 11.6 Å².